The van der Waals surface area contributed by atoms with Crippen molar-refractivity contribution in [2.75, 3.05) is 6.54 Å². The van der Waals surface area contributed by atoms with E-state index < -0.39 is 17.6 Å². The van der Waals surface area contributed by atoms with E-state index in [1.54, 1.807) is 13.8 Å². The molecule has 116 valence electrons. The lowest BCUT2D eigenvalue weighted by atomic mass is 10.1. The van der Waals surface area contributed by atoms with Crippen LogP contribution in [0.3, 0.4) is 0 Å². The number of carboxylic acids is 1. The Kier molecular flexibility index (Phi) is 6.27. The highest BCUT2D eigenvalue weighted by Crippen LogP contribution is 2.12. The standard InChI is InChI=1S/C15H19F2NO3/c1-10(2)18(9-15(20)21)14(19)5-3-4-11-6-7-12(16)13(17)8-11/h6-8,10H,3-5,9H2,1-2H3,(H,20,21). The minimum atomic E-state index is -1.06. The third-order valence-electron chi connectivity index (χ3n) is 3.09. The number of hydrogen-bond donors (Lipinski definition) is 1. The normalized spacial score (nSPS) is 10.7. The van der Waals surface area contributed by atoms with Gasteiger partial charge in [-0.2, -0.15) is 0 Å². The Balaban J connectivity index is 2.51. The first-order valence-corrected chi connectivity index (χ1v) is 6.76. The van der Waals surface area contributed by atoms with Gasteiger partial charge in [0.25, 0.3) is 0 Å². The molecule has 0 fully saturated rings. The number of aliphatic carboxylic acids is 1. The number of carbonyl (C=O) groups excluding carboxylic acids is 1. The van der Waals surface area contributed by atoms with E-state index in [4.69, 9.17) is 5.11 Å². The minimum absolute atomic E-state index is 0.171. The van der Waals surface area contributed by atoms with E-state index in [0.29, 0.717) is 18.4 Å². The molecule has 1 aromatic rings. The first-order chi connectivity index (χ1) is 9.81. The lowest BCUT2D eigenvalue weighted by Gasteiger charge is -2.24. The zero-order chi connectivity index (χ0) is 16.0. The van der Waals surface area contributed by atoms with Gasteiger partial charge < -0.3 is 10.0 Å². The van der Waals surface area contributed by atoms with Gasteiger partial charge in [-0.05, 0) is 44.4 Å². The van der Waals surface area contributed by atoms with Crippen molar-refractivity contribution in [1.82, 2.24) is 4.90 Å². The van der Waals surface area contributed by atoms with Crippen LogP contribution in [0.5, 0.6) is 0 Å². The highest BCUT2D eigenvalue weighted by atomic mass is 19.2. The number of carboxylic acid groups (broad SMARTS) is 1. The van der Waals surface area contributed by atoms with Crippen LogP contribution in [0.15, 0.2) is 18.2 Å². The third kappa shape index (κ3) is 5.49. The van der Waals surface area contributed by atoms with Gasteiger partial charge >= 0.3 is 5.97 Å². The van der Waals surface area contributed by atoms with Crippen LogP contribution in [0.4, 0.5) is 8.78 Å². The number of benzene rings is 1. The van der Waals surface area contributed by atoms with Gasteiger partial charge in [-0.3, -0.25) is 9.59 Å². The number of nitrogens with zero attached hydrogens (tertiary/aromatic N) is 1. The first kappa shape index (κ1) is 17.1. The highest BCUT2D eigenvalue weighted by Gasteiger charge is 2.19. The fraction of sp³-hybridized carbons (Fsp3) is 0.467. The fourth-order valence-electron chi connectivity index (χ4n) is 1.99. The number of rotatable bonds is 7. The molecule has 4 nitrogen and oxygen atoms in total. The van der Waals surface area contributed by atoms with Crippen LogP contribution < -0.4 is 0 Å². The zero-order valence-corrected chi connectivity index (χ0v) is 12.1. The quantitative estimate of drug-likeness (QED) is 0.842. The number of halogens is 2. The molecule has 0 aliphatic heterocycles. The van der Waals surface area contributed by atoms with Crippen molar-refractivity contribution in [3.05, 3.63) is 35.4 Å². The molecule has 0 aromatic heterocycles. The molecule has 0 bridgehead atoms. The molecular formula is C15H19F2NO3. The van der Waals surface area contributed by atoms with Gasteiger partial charge in [-0.15, -0.1) is 0 Å². The molecule has 0 spiro atoms. The summed E-state index contributed by atoms with van der Waals surface area (Å²) in [4.78, 5) is 24.0. The summed E-state index contributed by atoms with van der Waals surface area (Å²) in [6.45, 7) is 3.16. The molecule has 1 rings (SSSR count). The lowest BCUT2D eigenvalue weighted by Crippen LogP contribution is -2.40. The van der Waals surface area contributed by atoms with Crippen LogP contribution in [0.25, 0.3) is 0 Å². The van der Waals surface area contributed by atoms with Gasteiger partial charge in [-0.25, -0.2) is 8.78 Å². The van der Waals surface area contributed by atoms with Gasteiger partial charge in [0, 0.05) is 12.5 Å². The Morgan fingerprint density at radius 3 is 2.43 bits per heavy atom. The second-order valence-electron chi connectivity index (χ2n) is 5.11. The predicted molar refractivity (Wildman–Crippen MR) is 73.8 cm³/mol. The minimum Gasteiger partial charge on any atom is -0.480 e. The second-order valence-corrected chi connectivity index (χ2v) is 5.11. The smallest absolute Gasteiger partial charge is 0.323 e. The monoisotopic (exact) mass is 299 g/mol. The summed E-state index contributed by atoms with van der Waals surface area (Å²) < 4.78 is 25.8. The molecule has 0 atom stereocenters. The van der Waals surface area contributed by atoms with Crippen molar-refractivity contribution in [3.8, 4) is 0 Å². The first-order valence-electron chi connectivity index (χ1n) is 6.76. The summed E-state index contributed by atoms with van der Waals surface area (Å²) in [5.41, 5.74) is 0.607. The average molecular weight is 299 g/mol. The number of hydrogen-bond acceptors (Lipinski definition) is 2. The largest absolute Gasteiger partial charge is 0.480 e. The Labute approximate surface area is 122 Å². The molecule has 0 saturated carbocycles. The Morgan fingerprint density at radius 2 is 1.90 bits per heavy atom. The molecule has 0 unspecified atom stereocenters. The molecule has 0 radical (unpaired) electrons. The maximum Gasteiger partial charge on any atom is 0.323 e. The molecule has 1 amide bonds. The van der Waals surface area contributed by atoms with Crippen molar-refractivity contribution in [1.29, 1.82) is 0 Å². The van der Waals surface area contributed by atoms with Gasteiger partial charge in [0.1, 0.15) is 6.54 Å². The van der Waals surface area contributed by atoms with E-state index in [1.165, 1.54) is 11.0 Å². The van der Waals surface area contributed by atoms with E-state index in [0.717, 1.165) is 12.1 Å². The lowest BCUT2D eigenvalue weighted by molar-refractivity contribution is -0.145. The summed E-state index contributed by atoms with van der Waals surface area (Å²) in [7, 11) is 0. The number of aryl methyl sites for hydroxylation is 1. The molecule has 0 saturated heterocycles. The summed E-state index contributed by atoms with van der Waals surface area (Å²) in [6, 6.07) is 3.44. The molecule has 0 heterocycles. The van der Waals surface area contributed by atoms with Gasteiger partial charge in [-0.1, -0.05) is 6.07 Å². The predicted octanol–water partition coefficient (Wildman–Crippen LogP) is 2.61. The van der Waals surface area contributed by atoms with E-state index >= 15 is 0 Å². The van der Waals surface area contributed by atoms with Gasteiger partial charge in [0.2, 0.25) is 5.91 Å². The number of amides is 1. The second kappa shape index (κ2) is 7.71. The van der Waals surface area contributed by atoms with E-state index in [1.807, 2.05) is 0 Å². The van der Waals surface area contributed by atoms with E-state index in [9.17, 15) is 18.4 Å². The van der Waals surface area contributed by atoms with Crippen LogP contribution in [0.2, 0.25) is 0 Å². The maximum absolute atomic E-state index is 13.0. The Morgan fingerprint density at radius 1 is 1.24 bits per heavy atom. The average Bonchev–Trinajstić information content (AvgIpc) is 2.39. The zero-order valence-electron chi connectivity index (χ0n) is 12.1. The Hall–Kier alpha value is -1.98. The summed E-state index contributed by atoms with van der Waals surface area (Å²) in [5.74, 6) is -3.12. The van der Waals surface area contributed by atoms with Crippen LogP contribution in [-0.2, 0) is 16.0 Å². The highest BCUT2D eigenvalue weighted by molar-refractivity contribution is 5.81. The van der Waals surface area contributed by atoms with Gasteiger partial charge in [0.05, 0.1) is 0 Å². The molecule has 1 N–H and O–H groups in total. The van der Waals surface area contributed by atoms with Crippen molar-refractivity contribution < 1.29 is 23.5 Å². The van der Waals surface area contributed by atoms with E-state index in [-0.39, 0.29) is 24.9 Å². The van der Waals surface area contributed by atoms with Crippen LogP contribution >= 0.6 is 0 Å². The van der Waals surface area contributed by atoms with Crippen molar-refractivity contribution in [2.24, 2.45) is 0 Å². The Bertz CT molecular complexity index is 518. The van der Waals surface area contributed by atoms with Crippen LogP contribution in [0, 0.1) is 11.6 Å². The SMILES string of the molecule is CC(C)N(CC(=O)O)C(=O)CCCc1ccc(F)c(F)c1. The third-order valence-corrected chi connectivity index (χ3v) is 3.09. The van der Waals surface area contributed by atoms with Gasteiger partial charge in [0.15, 0.2) is 11.6 Å². The van der Waals surface area contributed by atoms with E-state index in [2.05, 4.69) is 0 Å². The topological polar surface area (TPSA) is 57.6 Å². The molecule has 6 heteroatoms. The molecule has 0 aliphatic carbocycles. The molecular weight excluding hydrogens is 280 g/mol. The van der Waals surface area contributed by atoms with Crippen LogP contribution in [0.1, 0.15) is 32.3 Å². The summed E-state index contributed by atoms with van der Waals surface area (Å²) in [5, 5.41) is 8.77. The summed E-state index contributed by atoms with van der Waals surface area (Å²) in [6.07, 6.45) is 1.05. The molecule has 21 heavy (non-hydrogen) atoms. The molecule has 1 aromatic carbocycles. The van der Waals surface area contributed by atoms with Crippen molar-refractivity contribution >= 4 is 11.9 Å². The fourth-order valence-corrected chi connectivity index (χ4v) is 1.99. The summed E-state index contributed by atoms with van der Waals surface area (Å²) >= 11 is 0. The van der Waals surface area contributed by atoms with Crippen molar-refractivity contribution in [2.45, 2.75) is 39.2 Å². The maximum atomic E-state index is 13.0. The number of carbonyl (C=O) groups is 2. The van der Waals surface area contributed by atoms with Crippen molar-refractivity contribution in [3.63, 3.8) is 0 Å². The molecule has 0 aliphatic rings. The van der Waals surface area contributed by atoms with Crippen LogP contribution in [-0.4, -0.2) is 34.5 Å².